The molecule has 1 saturated heterocycles. The van der Waals surface area contributed by atoms with Gasteiger partial charge in [0.15, 0.2) is 0 Å². The van der Waals surface area contributed by atoms with Crippen LogP contribution in [0.2, 0.25) is 0 Å². The van der Waals surface area contributed by atoms with Crippen LogP contribution in [0.15, 0.2) is 30.3 Å². The molecule has 14 heavy (non-hydrogen) atoms. The van der Waals surface area contributed by atoms with Crippen molar-refractivity contribution in [2.45, 2.75) is 25.6 Å². The summed E-state index contributed by atoms with van der Waals surface area (Å²) in [6, 6.07) is 10.2. The van der Waals surface area contributed by atoms with Crippen molar-refractivity contribution in [3.8, 4) is 0 Å². The van der Waals surface area contributed by atoms with Crippen molar-refractivity contribution >= 4 is 0 Å². The van der Waals surface area contributed by atoms with Crippen molar-refractivity contribution in [1.82, 2.24) is 0 Å². The number of rotatable bonds is 3. The fraction of sp³-hybridized carbons (Fsp3) is 0.417. The molecule has 0 aliphatic carbocycles. The van der Waals surface area contributed by atoms with Crippen molar-refractivity contribution in [3.05, 3.63) is 42.5 Å². The fourth-order valence-electron chi connectivity index (χ4n) is 1.51. The summed E-state index contributed by atoms with van der Waals surface area (Å²) in [4.78, 5) is 0. The van der Waals surface area contributed by atoms with E-state index in [-0.39, 0.29) is 6.10 Å². The highest BCUT2D eigenvalue weighted by atomic mass is 16.5. The largest absolute Gasteiger partial charge is 0.330 e. The lowest BCUT2D eigenvalue weighted by Crippen LogP contribution is -2.20. The first kappa shape index (κ1) is 9.56. The van der Waals surface area contributed by atoms with E-state index in [2.05, 4.69) is 12.1 Å². The Bertz CT molecular complexity index is 252. The first-order valence-corrected chi connectivity index (χ1v) is 5.05. The highest BCUT2D eigenvalue weighted by Gasteiger charge is 2.23. The van der Waals surface area contributed by atoms with Gasteiger partial charge in [-0.3, -0.25) is 0 Å². The first-order chi connectivity index (χ1) is 6.95. The van der Waals surface area contributed by atoms with Gasteiger partial charge in [-0.2, -0.15) is 4.74 Å². The molecule has 2 heteroatoms. The van der Waals surface area contributed by atoms with E-state index in [0.29, 0.717) is 6.61 Å². The second-order valence-electron chi connectivity index (χ2n) is 3.48. The second-order valence-corrected chi connectivity index (χ2v) is 3.48. The van der Waals surface area contributed by atoms with E-state index in [4.69, 9.17) is 9.47 Å². The van der Waals surface area contributed by atoms with Gasteiger partial charge in [0.1, 0.15) is 0 Å². The van der Waals surface area contributed by atoms with E-state index in [0.717, 1.165) is 19.4 Å². The van der Waals surface area contributed by atoms with Gasteiger partial charge in [-0.15, -0.1) is 0 Å². The molecule has 2 rings (SSSR count). The van der Waals surface area contributed by atoms with Crippen LogP contribution in [0.4, 0.5) is 0 Å². The molecule has 0 saturated carbocycles. The predicted molar refractivity (Wildman–Crippen MR) is 54.5 cm³/mol. The van der Waals surface area contributed by atoms with Gasteiger partial charge in [-0.1, -0.05) is 30.3 Å². The fourth-order valence-corrected chi connectivity index (χ4v) is 1.51. The SMILES string of the molecule is c1ccc(CO[C@H]2[CH+]OCCC2)cc1. The lowest BCUT2D eigenvalue weighted by Gasteiger charge is -2.13. The average molecular weight is 191 g/mol. The lowest BCUT2D eigenvalue weighted by atomic mass is 10.2. The van der Waals surface area contributed by atoms with Crippen LogP contribution in [-0.2, 0) is 16.1 Å². The molecule has 0 bridgehead atoms. The normalized spacial score (nSPS) is 21.6. The molecule has 1 aromatic carbocycles. The predicted octanol–water partition coefficient (Wildman–Crippen LogP) is 2.54. The zero-order valence-electron chi connectivity index (χ0n) is 8.19. The van der Waals surface area contributed by atoms with Crippen LogP contribution in [0, 0.1) is 6.61 Å². The smallest absolute Gasteiger partial charge is 0.257 e. The number of hydrogen-bond donors (Lipinski definition) is 0. The quantitative estimate of drug-likeness (QED) is 0.683. The summed E-state index contributed by atoms with van der Waals surface area (Å²) in [6.07, 6.45) is 2.34. The maximum atomic E-state index is 5.69. The number of benzene rings is 1. The number of hydrogen-bond acceptors (Lipinski definition) is 2. The maximum Gasteiger partial charge on any atom is 0.257 e. The standard InChI is InChI=1S/C12H15O2/c1-2-5-11(6-3-1)9-14-12-7-4-8-13-10-12/h1-3,5-6,10,12H,4,7-9H2/q+1/t12-/m1/s1. The third kappa shape index (κ3) is 2.76. The summed E-state index contributed by atoms with van der Waals surface area (Å²) in [6.45, 7) is 3.32. The Hall–Kier alpha value is -0.990. The topological polar surface area (TPSA) is 18.5 Å². The summed E-state index contributed by atoms with van der Waals surface area (Å²) >= 11 is 0. The minimum Gasteiger partial charge on any atom is -0.330 e. The van der Waals surface area contributed by atoms with E-state index in [1.807, 2.05) is 24.8 Å². The molecule has 0 radical (unpaired) electrons. The summed E-state index contributed by atoms with van der Waals surface area (Å²) in [5.41, 5.74) is 1.21. The van der Waals surface area contributed by atoms with E-state index in [1.165, 1.54) is 5.56 Å². The molecular formula is C12H15O2+. The second kappa shape index (κ2) is 5.03. The van der Waals surface area contributed by atoms with Gasteiger partial charge >= 0.3 is 0 Å². The molecule has 1 aliphatic heterocycles. The van der Waals surface area contributed by atoms with Crippen molar-refractivity contribution in [1.29, 1.82) is 0 Å². The molecule has 2 nitrogen and oxygen atoms in total. The minimum absolute atomic E-state index is 0.170. The van der Waals surface area contributed by atoms with Crippen LogP contribution in [0.1, 0.15) is 18.4 Å². The third-order valence-electron chi connectivity index (χ3n) is 2.31. The molecule has 1 aliphatic rings. The van der Waals surface area contributed by atoms with Gasteiger partial charge in [0.2, 0.25) is 6.10 Å². The Morgan fingerprint density at radius 2 is 2.21 bits per heavy atom. The van der Waals surface area contributed by atoms with Crippen LogP contribution in [0.3, 0.4) is 0 Å². The Labute approximate surface area is 84.8 Å². The van der Waals surface area contributed by atoms with Crippen LogP contribution in [0.25, 0.3) is 0 Å². The molecule has 0 N–H and O–H groups in total. The molecule has 1 atom stereocenters. The van der Waals surface area contributed by atoms with Gasteiger partial charge in [0, 0.05) is 6.42 Å². The van der Waals surface area contributed by atoms with Gasteiger partial charge in [0.05, 0.1) is 13.2 Å². The number of ether oxygens (including phenoxy) is 2. The van der Waals surface area contributed by atoms with E-state index in [9.17, 15) is 0 Å². The van der Waals surface area contributed by atoms with E-state index >= 15 is 0 Å². The molecule has 1 aromatic rings. The monoisotopic (exact) mass is 191 g/mol. The van der Waals surface area contributed by atoms with Gasteiger partial charge in [-0.25, -0.2) is 0 Å². The summed E-state index contributed by atoms with van der Waals surface area (Å²) in [7, 11) is 0. The molecule has 1 heterocycles. The molecule has 0 aromatic heterocycles. The Kier molecular flexibility index (Phi) is 3.44. The minimum atomic E-state index is 0.170. The van der Waals surface area contributed by atoms with Crippen LogP contribution in [0.5, 0.6) is 0 Å². The molecular weight excluding hydrogens is 176 g/mol. The molecule has 1 fully saturated rings. The molecule has 0 unspecified atom stereocenters. The summed E-state index contributed by atoms with van der Waals surface area (Å²) < 4.78 is 10.9. The van der Waals surface area contributed by atoms with Crippen LogP contribution < -0.4 is 0 Å². The lowest BCUT2D eigenvalue weighted by molar-refractivity contribution is -0.0187. The Morgan fingerprint density at radius 3 is 2.93 bits per heavy atom. The van der Waals surface area contributed by atoms with Crippen LogP contribution in [-0.4, -0.2) is 12.7 Å². The maximum absolute atomic E-state index is 5.69. The van der Waals surface area contributed by atoms with Crippen molar-refractivity contribution < 1.29 is 9.47 Å². The van der Waals surface area contributed by atoms with Gasteiger partial charge < -0.3 is 4.74 Å². The molecule has 0 spiro atoms. The molecule has 74 valence electrons. The van der Waals surface area contributed by atoms with Crippen LogP contribution >= 0.6 is 0 Å². The van der Waals surface area contributed by atoms with Crippen molar-refractivity contribution in [3.63, 3.8) is 0 Å². The Morgan fingerprint density at radius 1 is 1.36 bits per heavy atom. The van der Waals surface area contributed by atoms with Crippen molar-refractivity contribution in [2.75, 3.05) is 6.61 Å². The summed E-state index contributed by atoms with van der Waals surface area (Å²) in [5.74, 6) is 0. The van der Waals surface area contributed by atoms with E-state index in [1.54, 1.807) is 0 Å². The highest BCUT2D eigenvalue weighted by Crippen LogP contribution is 2.15. The zero-order valence-corrected chi connectivity index (χ0v) is 8.19. The highest BCUT2D eigenvalue weighted by molar-refractivity contribution is 5.13. The van der Waals surface area contributed by atoms with Crippen molar-refractivity contribution in [2.24, 2.45) is 0 Å². The first-order valence-electron chi connectivity index (χ1n) is 5.05. The third-order valence-corrected chi connectivity index (χ3v) is 2.31. The molecule has 0 amide bonds. The Balaban J connectivity index is 1.76. The zero-order chi connectivity index (χ0) is 9.64. The van der Waals surface area contributed by atoms with E-state index < -0.39 is 0 Å². The average Bonchev–Trinajstić information content (AvgIpc) is 2.29. The summed E-state index contributed by atoms with van der Waals surface area (Å²) in [5, 5.41) is 0. The van der Waals surface area contributed by atoms with Gasteiger partial charge in [0.25, 0.3) is 6.61 Å². The van der Waals surface area contributed by atoms with Gasteiger partial charge in [-0.05, 0) is 12.0 Å².